The van der Waals surface area contributed by atoms with E-state index in [1.165, 1.54) is 25.7 Å². The molecule has 2 heterocycles. The van der Waals surface area contributed by atoms with E-state index in [4.69, 9.17) is 9.47 Å². The fraction of sp³-hybridized carbons (Fsp3) is 1.00. The van der Waals surface area contributed by atoms with Gasteiger partial charge in [0, 0.05) is 25.2 Å². The van der Waals surface area contributed by atoms with Crippen molar-refractivity contribution in [2.75, 3.05) is 6.61 Å². The van der Waals surface area contributed by atoms with Crippen molar-refractivity contribution in [2.45, 2.75) is 110 Å². The van der Waals surface area contributed by atoms with Crippen LogP contribution < -0.4 is 0 Å². The third-order valence-corrected chi connectivity index (χ3v) is 11.9. The van der Waals surface area contributed by atoms with Gasteiger partial charge in [-0.05, 0) is 91.3 Å². The van der Waals surface area contributed by atoms with E-state index < -0.39 is 5.92 Å². The van der Waals surface area contributed by atoms with Crippen LogP contribution in [0.4, 0.5) is 8.78 Å². The Morgan fingerprint density at radius 2 is 1.65 bits per heavy atom. The summed E-state index contributed by atoms with van der Waals surface area (Å²) in [7, 11) is 0. The van der Waals surface area contributed by atoms with Crippen molar-refractivity contribution in [1.82, 2.24) is 0 Å². The van der Waals surface area contributed by atoms with Crippen LogP contribution in [0.1, 0.15) is 91.9 Å². The molecule has 31 heavy (non-hydrogen) atoms. The van der Waals surface area contributed by atoms with Crippen LogP contribution in [0.5, 0.6) is 0 Å². The van der Waals surface area contributed by atoms with Crippen LogP contribution in [-0.2, 0) is 9.47 Å². The van der Waals surface area contributed by atoms with Crippen LogP contribution in [0.25, 0.3) is 0 Å². The van der Waals surface area contributed by atoms with E-state index in [-0.39, 0.29) is 30.0 Å². The zero-order valence-corrected chi connectivity index (χ0v) is 20.0. The first kappa shape index (κ1) is 21.3. The van der Waals surface area contributed by atoms with E-state index in [0.29, 0.717) is 47.0 Å². The van der Waals surface area contributed by atoms with Crippen LogP contribution in [0, 0.1) is 52.3 Å². The van der Waals surface area contributed by atoms with Gasteiger partial charge in [0.1, 0.15) is 0 Å². The molecule has 4 heteroatoms. The van der Waals surface area contributed by atoms with Crippen molar-refractivity contribution >= 4 is 0 Å². The van der Waals surface area contributed by atoms with Gasteiger partial charge in [-0.1, -0.05) is 27.7 Å². The standard InChI is InChI=1S/C27H42F2O2/c1-16-7-10-27(30-15-16)17(2)23-22(31-27)13-21-19-6-5-18-14-26(28,29)12-11-24(18,3)20(19)8-9-25(21,23)4/h16-23H,5-15H2,1-4H3/t16-,17?,18?,19?,20?,21?,22?,23?,24-,25-,27?/m0/s1. The topological polar surface area (TPSA) is 18.5 Å². The van der Waals surface area contributed by atoms with Crippen LogP contribution in [0.3, 0.4) is 0 Å². The number of alkyl halides is 2. The lowest BCUT2D eigenvalue weighted by Crippen LogP contribution is -2.55. The molecule has 0 bridgehead atoms. The van der Waals surface area contributed by atoms with Gasteiger partial charge in [0.2, 0.25) is 5.92 Å². The number of hydrogen-bond acceptors (Lipinski definition) is 2. The Morgan fingerprint density at radius 1 is 0.839 bits per heavy atom. The molecule has 0 radical (unpaired) electrons. The molecule has 4 aliphatic carbocycles. The summed E-state index contributed by atoms with van der Waals surface area (Å²) in [5, 5.41) is 0. The van der Waals surface area contributed by atoms with Gasteiger partial charge in [-0.25, -0.2) is 8.78 Å². The molecule has 4 saturated carbocycles. The SMILES string of the molecule is CC1C2C(CC3C4CCC5CC(F)(F)CC[C@]5(C)C4CC[C@@]32C)OC12CC[C@H](C)CO2. The molecule has 6 aliphatic rings. The molecule has 2 saturated heterocycles. The van der Waals surface area contributed by atoms with E-state index in [2.05, 4.69) is 27.7 Å². The van der Waals surface area contributed by atoms with Crippen LogP contribution in [-0.4, -0.2) is 24.4 Å². The van der Waals surface area contributed by atoms with Crippen molar-refractivity contribution in [3.05, 3.63) is 0 Å². The number of fused-ring (bicyclic) bond motifs is 7. The van der Waals surface area contributed by atoms with E-state index in [0.717, 1.165) is 32.3 Å². The first-order valence-electron chi connectivity index (χ1n) is 13.3. The Bertz CT molecular complexity index is 731. The summed E-state index contributed by atoms with van der Waals surface area (Å²) in [6.07, 6.45) is 9.38. The average Bonchev–Trinajstić information content (AvgIpc) is 3.16. The summed E-state index contributed by atoms with van der Waals surface area (Å²) in [4.78, 5) is 0. The molecular formula is C27H42F2O2. The predicted molar refractivity (Wildman–Crippen MR) is 117 cm³/mol. The Hall–Kier alpha value is -0.220. The lowest BCUT2D eigenvalue weighted by atomic mass is 9.44. The molecule has 11 atom stereocenters. The van der Waals surface area contributed by atoms with Gasteiger partial charge < -0.3 is 9.47 Å². The summed E-state index contributed by atoms with van der Waals surface area (Å²) in [6, 6.07) is 0. The normalized spacial score (nSPS) is 60.2. The van der Waals surface area contributed by atoms with Crippen LogP contribution in [0.15, 0.2) is 0 Å². The number of hydrogen-bond donors (Lipinski definition) is 0. The van der Waals surface area contributed by atoms with Gasteiger partial charge in [-0.3, -0.25) is 0 Å². The van der Waals surface area contributed by atoms with Crippen LogP contribution in [0.2, 0.25) is 0 Å². The maximum absolute atomic E-state index is 14.2. The fourth-order valence-corrected chi connectivity index (χ4v) is 10.2. The molecule has 6 fully saturated rings. The average molecular weight is 437 g/mol. The number of rotatable bonds is 0. The van der Waals surface area contributed by atoms with Gasteiger partial charge in [0.25, 0.3) is 0 Å². The second-order valence-electron chi connectivity index (χ2n) is 13.2. The molecule has 0 amide bonds. The molecule has 0 N–H and O–H groups in total. The Balaban J connectivity index is 1.25. The minimum Gasteiger partial charge on any atom is -0.349 e. The van der Waals surface area contributed by atoms with Crippen molar-refractivity contribution < 1.29 is 18.3 Å². The molecule has 0 aromatic heterocycles. The molecule has 2 nitrogen and oxygen atoms in total. The van der Waals surface area contributed by atoms with Crippen molar-refractivity contribution in [1.29, 1.82) is 0 Å². The monoisotopic (exact) mass is 436 g/mol. The third kappa shape index (κ3) is 2.85. The van der Waals surface area contributed by atoms with Crippen molar-refractivity contribution in [2.24, 2.45) is 52.3 Å². The van der Waals surface area contributed by atoms with Gasteiger partial charge in [-0.15, -0.1) is 0 Å². The smallest absolute Gasteiger partial charge is 0.248 e. The molecule has 1 spiro atoms. The highest BCUT2D eigenvalue weighted by Crippen LogP contribution is 2.71. The first-order chi connectivity index (χ1) is 14.6. The lowest BCUT2D eigenvalue weighted by molar-refractivity contribution is -0.273. The van der Waals surface area contributed by atoms with E-state index in [1.807, 2.05) is 0 Å². The molecule has 6 rings (SSSR count). The zero-order valence-electron chi connectivity index (χ0n) is 20.0. The molecule has 176 valence electrons. The minimum atomic E-state index is -2.43. The third-order valence-electron chi connectivity index (χ3n) is 11.9. The van der Waals surface area contributed by atoms with Crippen LogP contribution >= 0.6 is 0 Å². The summed E-state index contributed by atoms with van der Waals surface area (Å²) >= 11 is 0. The first-order valence-corrected chi connectivity index (χ1v) is 13.3. The Labute approximate surface area is 187 Å². The Kier molecular flexibility index (Phi) is 4.59. The minimum absolute atomic E-state index is 0.106. The highest BCUT2D eigenvalue weighted by atomic mass is 19.3. The summed E-state index contributed by atoms with van der Waals surface area (Å²) in [6.45, 7) is 10.5. The van der Waals surface area contributed by atoms with E-state index >= 15 is 0 Å². The zero-order chi connectivity index (χ0) is 21.8. The van der Waals surface area contributed by atoms with Crippen molar-refractivity contribution in [3.63, 3.8) is 0 Å². The number of ether oxygens (including phenoxy) is 2. The Morgan fingerprint density at radius 3 is 2.39 bits per heavy atom. The van der Waals surface area contributed by atoms with Gasteiger partial charge in [0.15, 0.2) is 5.79 Å². The van der Waals surface area contributed by atoms with E-state index in [1.54, 1.807) is 0 Å². The highest BCUT2D eigenvalue weighted by Gasteiger charge is 2.69. The number of halogens is 2. The maximum atomic E-state index is 14.2. The predicted octanol–water partition coefficient (Wildman–Crippen LogP) is 7.07. The molecule has 8 unspecified atom stereocenters. The largest absolute Gasteiger partial charge is 0.349 e. The quantitative estimate of drug-likeness (QED) is 0.404. The molecule has 0 aromatic rings. The summed E-state index contributed by atoms with van der Waals surface area (Å²) in [5.74, 6) is 1.17. The van der Waals surface area contributed by atoms with Gasteiger partial charge in [0.05, 0.1) is 12.7 Å². The second-order valence-corrected chi connectivity index (χ2v) is 13.2. The van der Waals surface area contributed by atoms with E-state index in [9.17, 15) is 8.78 Å². The molecule has 2 aliphatic heterocycles. The summed E-state index contributed by atoms with van der Waals surface area (Å²) < 4.78 is 41.7. The second kappa shape index (κ2) is 6.68. The summed E-state index contributed by atoms with van der Waals surface area (Å²) in [5.41, 5.74) is 0.447. The van der Waals surface area contributed by atoms with Gasteiger partial charge in [-0.2, -0.15) is 0 Å². The van der Waals surface area contributed by atoms with Crippen molar-refractivity contribution in [3.8, 4) is 0 Å². The highest BCUT2D eigenvalue weighted by molar-refractivity contribution is 5.15. The fourth-order valence-electron chi connectivity index (χ4n) is 10.2. The molecular weight excluding hydrogens is 394 g/mol. The maximum Gasteiger partial charge on any atom is 0.248 e. The van der Waals surface area contributed by atoms with Gasteiger partial charge >= 0.3 is 0 Å². The molecule has 0 aromatic carbocycles. The lowest BCUT2D eigenvalue weighted by Gasteiger charge is -2.61.